The van der Waals surface area contributed by atoms with Crippen LogP contribution in [0, 0.1) is 23.5 Å². The zero-order chi connectivity index (χ0) is 19.9. The quantitative estimate of drug-likeness (QED) is 0.250. The van der Waals surface area contributed by atoms with Gasteiger partial charge in [-0.1, -0.05) is 59.9 Å². The molecular weight excluding hydrogens is 374 g/mol. The number of benzene rings is 3. The van der Waals surface area contributed by atoms with E-state index in [1.807, 2.05) is 31.2 Å². The number of hydrogen-bond acceptors (Lipinski definition) is 0. The van der Waals surface area contributed by atoms with Gasteiger partial charge < -0.3 is 0 Å². The van der Waals surface area contributed by atoms with E-state index in [9.17, 15) is 8.78 Å². The van der Waals surface area contributed by atoms with Crippen molar-refractivity contribution in [3.8, 4) is 23.0 Å². The van der Waals surface area contributed by atoms with Gasteiger partial charge in [-0.25, -0.2) is 8.78 Å². The van der Waals surface area contributed by atoms with Crippen molar-refractivity contribution in [2.45, 2.75) is 19.8 Å². The molecule has 0 bridgehead atoms. The largest absolute Gasteiger partial charge is 0.205 e. The third kappa shape index (κ3) is 5.09. The van der Waals surface area contributed by atoms with Gasteiger partial charge in [0.05, 0.1) is 0 Å². The van der Waals surface area contributed by atoms with Crippen LogP contribution in [0.1, 0.15) is 30.0 Å². The second-order valence-corrected chi connectivity index (χ2v) is 6.76. The highest BCUT2D eigenvalue weighted by molar-refractivity contribution is 6.31. The van der Waals surface area contributed by atoms with E-state index >= 15 is 0 Å². The molecular formula is C25H19ClF2. The minimum Gasteiger partial charge on any atom is -0.205 e. The number of hydrogen-bond donors (Lipinski definition) is 0. The first-order valence-electron chi connectivity index (χ1n) is 9.04. The molecule has 0 aliphatic heterocycles. The van der Waals surface area contributed by atoms with Gasteiger partial charge in [-0.15, -0.1) is 0 Å². The van der Waals surface area contributed by atoms with E-state index in [0.717, 1.165) is 24.0 Å². The van der Waals surface area contributed by atoms with E-state index < -0.39 is 16.7 Å². The molecule has 0 aliphatic rings. The van der Waals surface area contributed by atoms with Gasteiger partial charge in [-0.3, -0.25) is 0 Å². The van der Waals surface area contributed by atoms with E-state index in [1.165, 1.54) is 17.7 Å². The Hall–Kier alpha value is -2.89. The molecule has 0 spiro atoms. The summed E-state index contributed by atoms with van der Waals surface area (Å²) in [6, 6.07) is 17.9. The molecule has 3 aromatic carbocycles. The van der Waals surface area contributed by atoms with Gasteiger partial charge in [0, 0.05) is 11.1 Å². The molecule has 3 rings (SSSR count). The summed E-state index contributed by atoms with van der Waals surface area (Å²) in [6.07, 6.45) is 6.27. The summed E-state index contributed by atoms with van der Waals surface area (Å²) >= 11 is 5.53. The maximum atomic E-state index is 13.6. The summed E-state index contributed by atoms with van der Waals surface area (Å²) in [5, 5.41) is -0.487. The summed E-state index contributed by atoms with van der Waals surface area (Å²) in [7, 11) is 0. The van der Waals surface area contributed by atoms with Crippen molar-refractivity contribution in [2.75, 3.05) is 0 Å². The van der Waals surface area contributed by atoms with Crippen LogP contribution in [0.5, 0.6) is 0 Å². The zero-order valence-electron chi connectivity index (χ0n) is 15.5. The molecule has 0 radical (unpaired) electrons. The van der Waals surface area contributed by atoms with Crippen LogP contribution in [0.25, 0.3) is 11.1 Å². The summed E-state index contributed by atoms with van der Waals surface area (Å²) in [4.78, 5) is 0. The molecule has 0 saturated carbocycles. The molecule has 140 valence electrons. The molecule has 0 atom stereocenters. The van der Waals surface area contributed by atoms with Crippen LogP contribution in [0.3, 0.4) is 0 Å². The molecule has 0 fully saturated rings. The maximum absolute atomic E-state index is 13.6. The number of allylic oxidation sites excluding steroid dienone is 2. The van der Waals surface area contributed by atoms with Gasteiger partial charge in [0.25, 0.3) is 0 Å². The van der Waals surface area contributed by atoms with Gasteiger partial charge in [0.15, 0.2) is 0 Å². The fraction of sp³-hybridized carbons (Fsp3) is 0.120. The third-order valence-electron chi connectivity index (χ3n) is 4.34. The first kappa shape index (κ1) is 19.9. The van der Waals surface area contributed by atoms with Gasteiger partial charge in [-0.2, -0.15) is 0 Å². The standard InChI is InChI=1S/C25H19ClF2/c1-2-3-4-5-18-6-8-19(9-7-18)10-11-20-12-14-21(15-13-20)22-16-23(27)25(26)24(28)17-22/h2-3,6-9,12-17H,4-5H2,1H3/b3-2+. The van der Waals surface area contributed by atoms with Crippen LogP contribution >= 0.6 is 11.6 Å². The first-order valence-corrected chi connectivity index (χ1v) is 9.41. The molecule has 0 saturated heterocycles. The van der Waals surface area contributed by atoms with Gasteiger partial charge >= 0.3 is 0 Å². The summed E-state index contributed by atoms with van der Waals surface area (Å²) in [5.74, 6) is 4.71. The molecule has 0 unspecified atom stereocenters. The minimum atomic E-state index is -0.769. The Morgan fingerprint density at radius 2 is 1.36 bits per heavy atom. The highest BCUT2D eigenvalue weighted by Crippen LogP contribution is 2.27. The molecule has 0 aromatic heterocycles. The number of aryl methyl sites for hydroxylation is 1. The lowest BCUT2D eigenvalue weighted by atomic mass is 10.0. The highest BCUT2D eigenvalue weighted by Gasteiger charge is 2.09. The number of rotatable bonds is 4. The Balaban J connectivity index is 1.71. The molecule has 0 N–H and O–H groups in total. The van der Waals surface area contributed by atoms with Crippen LogP contribution in [-0.2, 0) is 6.42 Å². The summed E-state index contributed by atoms with van der Waals surface area (Å²) in [5.41, 5.74) is 4.20. The average molecular weight is 393 g/mol. The maximum Gasteiger partial charge on any atom is 0.145 e. The van der Waals surface area contributed by atoms with Gasteiger partial charge in [0.2, 0.25) is 0 Å². The second kappa shape index (κ2) is 9.35. The minimum absolute atomic E-state index is 0.437. The van der Waals surface area contributed by atoms with Crippen LogP contribution in [0.15, 0.2) is 72.8 Å². The fourth-order valence-electron chi connectivity index (χ4n) is 2.78. The second-order valence-electron chi connectivity index (χ2n) is 6.39. The normalized spacial score (nSPS) is 10.7. The monoisotopic (exact) mass is 392 g/mol. The summed E-state index contributed by atoms with van der Waals surface area (Å²) < 4.78 is 27.3. The predicted octanol–water partition coefficient (Wildman–Crippen LogP) is 7.19. The molecule has 28 heavy (non-hydrogen) atoms. The van der Waals surface area contributed by atoms with Crippen LogP contribution < -0.4 is 0 Å². The van der Waals surface area contributed by atoms with Crippen molar-refractivity contribution >= 4 is 11.6 Å². The molecule has 3 aromatic rings. The van der Waals surface area contributed by atoms with Gasteiger partial charge in [-0.05, 0) is 72.9 Å². The zero-order valence-corrected chi connectivity index (χ0v) is 16.2. The van der Waals surface area contributed by atoms with Crippen LogP contribution in [0.4, 0.5) is 8.78 Å². The van der Waals surface area contributed by atoms with E-state index in [1.54, 1.807) is 12.1 Å². The molecule has 0 nitrogen and oxygen atoms in total. The number of halogens is 3. The Morgan fingerprint density at radius 3 is 1.89 bits per heavy atom. The lowest BCUT2D eigenvalue weighted by molar-refractivity contribution is 0.585. The van der Waals surface area contributed by atoms with Crippen molar-refractivity contribution in [3.63, 3.8) is 0 Å². The van der Waals surface area contributed by atoms with E-state index in [2.05, 4.69) is 36.1 Å². The predicted molar refractivity (Wildman–Crippen MR) is 112 cm³/mol. The smallest absolute Gasteiger partial charge is 0.145 e. The lowest BCUT2D eigenvalue weighted by Crippen LogP contribution is -1.87. The van der Waals surface area contributed by atoms with E-state index in [-0.39, 0.29) is 0 Å². The van der Waals surface area contributed by atoms with Crippen molar-refractivity contribution in [2.24, 2.45) is 0 Å². The molecule has 0 heterocycles. The SMILES string of the molecule is C/C=C/CCc1ccc(C#Cc2ccc(-c3cc(F)c(Cl)c(F)c3)cc2)cc1. The van der Waals surface area contributed by atoms with E-state index in [4.69, 9.17) is 11.6 Å². The van der Waals surface area contributed by atoms with E-state index in [0.29, 0.717) is 11.1 Å². The Kier molecular flexibility index (Phi) is 6.63. The van der Waals surface area contributed by atoms with Crippen molar-refractivity contribution in [3.05, 3.63) is 106 Å². The van der Waals surface area contributed by atoms with Crippen molar-refractivity contribution < 1.29 is 8.78 Å². The summed E-state index contributed by atoms with van der Waals surface area (Å²) in [6.45, 7) is 2.03. The van der Waals surface area contributed by atoms with Crippen LogP contribution in [-0.4, -0.2) is 0 Å². The topological polar surface area (TPSA) is 0 Å². The third-order valence-corrected chi connectivity index (χ3v) is 4.70. The Morgan fingerprint density at radius 1 is 0.821 bits per heavy atom. The van der Waals surface area contributed by atoms with Crippen molar-refractivity contribution in [1.82, 2.24) is 0 Å². The molecule has 3 heteroatoms. The average Bonchev–Trinajstić information content (AvgIpc) is 2.71. The molecule has 0 amide bonds. The lowest BCUT2D eigenvalue weighted by Gasteiger charge is -2.04. The Bertz CT molecular complexity index is 1010. The Labute approximate surface area is 169 Å². The highest BCUT2D eigenvalue weighted by atomic mass is 35.5. The van der Waals surface area contributed by atoms with Crippen molar-refractivity contribution in [1.29, 1.82) is 0 Å². The first-order chi connectivity index (χ1) is 13.6. The van der Waals surface area contributed by atoms with Crippen LogP contribution in [0.2, 0.25) is 5.02 Å². The van der Waals surface area contributed by atoms with Gasteiger partial charge in [0.1, 0.15) is 16.7 Å². The fourth-order valence-corrected chi connectivity index (χ4v) is 2.89. The molecule has 0 aliphatic carbocycles.